The van der Waals surface area contributed by atoms with Crippen molar-refractivity contribution in [3.63, 3.8) is 0 Å². The fourth-order valence-electron chi connectivity index (χ4n) is 0.599. The number of hydrogen-bond acceptors (Lipinski definition) is 1. The minimum atomic E-state index is 0.124. The van der Waals surface area contributed by atoms with Gasteiger partial charge in [-0.2, -0.15) is 0 Å². The second-order valence-electron chi connectivity index (χ2n) is 2.11. The molecule has 0 unspecified atom stereocenters. The topological polar surface area (TPSA) is 20.2 Å². The lowest BCUT2D eigenvalue weighted by Crippen LogP contribution is -1.70. The van der Waals surface area contributed by atoms with Crippen LogP contribution in [0.15, 0.2) is 37.1 Å². The Morgan fingerprint density at radius 3 is 2.60 bits per heavy atom. The molecule has 0 saturated heterocycles. The Balaban J connectivity index is 3.18. The van der Waals surface area contributed by atoms with Crippen molar-refractivity contribution in [2.45, 2.75) is 19.3 Å². The number of aliphatic hydroxyl groups excluding tert-OH is 1. The van der Waals surface area contributed by atoms with Gasteiger partial charge in [0.2, 0.25) is 0 Å². The minimum Gasteiger partial charge on any atom is -0.509 e. The first-order chi connectivity index (χ1) is 4.77. The zero-order valence-corrected chi connectivity index (χ0v) is 6.21. The van der Waals surface area contributed by atoms with Crippen LogP contribution in [0.4, 0.5) is 0 Å². The normalized spacial score (nSPS) is 10.0. The van der Waals surface area contributed by atoms with Gasteiger partial charge in [-0.05, 0) is 25.3 Å². The Hall–Kier alpha value is -0.980. The molecule has 0 spiro atoms. The second kappa shape index (κ2) is 6.14. The lowest BCUT2D eigenvalue weighted by molar-refractivity contribution is 0.435. The average molecular weight is 138 g/mol. The molecule has 0 fully saturated rings. The van der Waals surface area contributed by atoms with Gasteiger partial charge in [0.1, 0.15) is 5.76 Å². The number of rotatable bonds is 5. The maximum atomic E-state index is 8.61. The molecule has 0 aromatic rings. The standard InChI is InChI=1S/C9H14O/c1-3-4-5-6-7-8-9(2)10/h3,7-8,10H,1-2,4-6H2. The maximum absolute atomic E-state index is 8.61. The molecule has 0 aromatic heterocycles. The van der Waals surface area contributed by atoms with Gasteiger partial charge in [-0.25, -0.2) is 0 Å². The van der Waals surface area contributed by atoms with Crippen LogP contribution < -0.4 is 0 Å². The van der Waals surface area contributed by atoms with Crippen molar-refractivity contribution in [2.24, 2.45) is 0 Å². The molecule has 0 heterocycles. The highest BCUT2D eigenvalue weighted by molar-refractivity contribution is 5.04. The van der Waals surface area contributed by atoms with E-state index in [2.05, 4.69) is 13.2 Å². The van der Waals surface area contributed by atoms with Gasteiger partial charge in [0.25, 0.3) is 0 Å². The lowest BCUT2D eigenvalue weighted by atomic mass is 10.2. The molecule has 56 valence electrons. The smallest absolute Gasteiger partial charge is 0.108 e. The number of unbranched alkanes of at least 4 members (excludes halogenated alkanes) is 2. The highest BCUT2D eigenvalue weighted by Gasteiger charge is 1.79. The summed E-state index contributed by atoms with van der Waals surface area (Å²) in [4.78, 5) is 0. The molecular formula is C9H14O. The first-order valence-corrected chi connectivity index (χ1v) is 3.42. The van der Waals surface area contributed by atoms with Crippen LogP contribution in [-0.2, 0) is 0 Å². The number of aliphatic hydroxyl groups is 1. The summed E-state index contributed by atoms with van der Waals surface area (Å²) in [5.74, 6) is 0.124. The molecule has 0 radical (unpaired) electrons. The van der Waals surface area contributed by atoms with E-state index in [-0.39, 0.29) is 5.76 Å². The van der Waals surface area contributed by atoms with Crippen molar-refractivity contribution in [1.82, 2.24) is 0 Å². The Morgan fingerprint density at radius 2 is 2.10 bits per heavy atom. The highest BCUT2D eigenvalue weighted by Crippen LogP contribution is 1.97. The van der Waals surface area contributed by atoms with E-state index in [0.29, 0.717) is 0 Å². The summed E-state index contributed by atoms with van der Waals surface area (Å²) in [6.45, 7) is 6.92. The van der Waals surface area contributed by atoms with Crippen LogP contribution in [0.25, 0.3) is 0 Å². The quantitative estimate of drug-likeness (QED) is 0.268. The Morgan fingerprint density at radius 1 is 1.40 bits per heavy atom. The van der Waals surface area contributed by atoms with Gasteiger partial charge in [0, 0.05) is 0 Å². The van der Waals surface area contributed by atoms with Gasteiger partial charge in [0.05, 0.1) is 0 Å². The van der Waals surface area contributed by atoms with Crippen molar-refractivity contribution in [3.05, 3.63) is 37.1 Å². The maximum Gasteiger partial charge on any atom is 0.108 e. The molecule has 1 N–H and O–H groups in total. The SMILES string of the molecule is C=CCCCC=CC(=C)O. The fourth-order valence-corrected chi connectivity index (χ4v) is 0.599. The van der Waals surface area contributed by atoms with Gasteiger partial charge < -0.3 is 5.11 Å². The van der Waals surface area contributed by atoms with Crippen LogP contribution in [0, 0.1) is 0 Å². The average Bonchev–Trinajstić information content (AvgIpc) is 1.87. The Labute approximate surface area is 62.4 Å². The van der Waals surface area contributed by atoms with Crippen LogP contribution in [0.3, 0.4) is 0 Å². The second-order valence-corrected chi connectivity index (χ2v) is 2.11. The van der Waals surface area contributed by atoms with Crippen LogP contribution in [0.5, 0.6) is 0 Å². The van der Waals surface area contributed by atoms with Crippen LogP contribution >= 0.6 is 0 Å². The van der Waals surface area contributed by atoms with E-state index in [1.165, 1.54) is 0 Å². The minimum absolute atomic E-state index is 0.124. The number of allylic oxidation sites excluding steroid dienone is 3. The van der Waals surface area contributed by atoms with Gasteiger partial charge in [-0.3, -0.25) is 0 Å². The molecular weight excluding hydrogens is 124 g/mol. The molecule has 0 aliphatic heterocycles. The summed E-state index contributed by atoms with van der Waals surface area (Å²) in [6.07, 6.45) is 8.51. The molecule has 0 saturated carbocycles. The summed E-state index contributed by atoms with van der Waals surface area (Å²) in [5.41, 5.74) is 0. The molecule has 0 rings (SSSR count). The predicted molar refractivity (Wildman–Crippen MR) is 45.0 cm³/mol. The van der Waals surface area contributed by atoms with Crippen molar-refractivity contribution in [2.75, 3.05) is 0 Å². The first-order valence-electron chi connectivity index (χ1n) is 3.42. The van der Waals surface area contributed by atoms with E-state index in [4.69, 9.17) is 5.11 Å². The molecule has 0 amide bonds. The predicted octanol–water partition coefficient (Wildman–Crippen LogP) is 2.97. The molecule has 0 atom stereocenters. The fraction of sp³-hybridized carbons (Fsp3) is 0.333. The molecule has 1 heteroatoms. The van der Waals surface area contributed by atoms with E-state index in [1.54, 1.807) is 6.08 Å². The van der Waals surface area contributed by atoms with E-state index >= 15 is 0 Å². The molecule has 0 aliphatic carbocycles. The summed E-state index contributed by atoms with van der Waals surface area (Å²) >= 11 is 0. The third-order valence-electron chi connectivity index (χ3n) is 1.09. The van der Waals surface area contributed by atoms with Crippen LogP contribution in [0.1, 0.15) is 19.3 Å². The molecule has 0 aliphatic rings. The van der Waals surface area contributed by atoms with Gasteiger partial charge >= 0.3 is 0 Å². The van der Waals surface area contributed by atoms with Crippen LogP contribution in [0.2, 0.25) is 0 Å². The summed E-state index contributed by atoms with van der Waals surface area (Å²) in [5, 5.41) is 8.61. The van der Waals surface area contributed by atoms with Crippen molar-refractivity contribution in [3.8, 4) is 0 Å². The van der Waals surface area contributed by atoms with Crippen molar-refractivity contribution < 1.29 is 5.11 Å². The van der Waals surface area contributed by atoms with Crippen molar-refractivity contribution >= 4 is 0 Å². The van der Waals surface area contributed by atoms with E-state index in [0.717, 1.165) is 19.3 Å². The Kier molecular flexibility index (Phi) is 5.54. The molecule has 1 nitrogen and oxygen atoms in total. The monoisotopic (exact) mass is 138 g/mol. The third-order valence-corrected chi connectivity index (χ3v) is 1.09. The van der Waals surface area contributed by atoms with Gasteiger partial charge in [-0.15, -0.1) is 6.58 Å². The zero-order chi connectivity index (χ0) is 7.82. The van der Waals surface area contributed by atoms with E-state index < -0.39 is 0 Å². The number of hydrogen-bond donors (Lipinski definition) is 1. The van der Waals surface area contributed by atoms with Gasteiger partial charge in [0.15, 0.2) is 0 Å². The largest absolute Gasteiger partial charge is 0.509 e. The van der Waals surface area contributed by atoms with Crippen LogP contribution in [-0.4, -0.2) is 5.11 Å². The summed E-state index contributed by atoms with van der Waals surface area (Å²) in [6, 6.07) is 0. The third kappa shape index (κ3) is 7.02. The lowest BCUT2D eigenvalue weighted by Gasteiger charge is -1.88. The first kappa shape index (κ1) is 9.02. The zero-order valence-electron chi connectivity index (χ0n) is 6.21. The molecule has 10 heavy (non-hydrogen) atoms. The molecule has 0 aromatic carbocycles. The van der Waals surface area contributed by atoms with Gasteiger partial charge in [-0.1, -0.05) is 18.7 Å². The molecule has 0 bridgehead atoms. The highest BCUT2D eigenvalue weighted by atomic mass is 16.3. The summed E-state index contributed by atoms with van der Waals surface area (Å²) in [7, 11) is 0. The summed E-state index contributed by atoms with van der Waals surface area (Å²) < 4.78 is 0. The van der Waals surface area contributed by atoms with Crippen molar-refractivity contribution in [1.29, 1.82) is 0 Å². The Bertz CT molecular complexity index is 134. The van der Waals surface area contributed by atoms with E-state index in [9.17, 15) is 0 Å². The van der Waals surface area contributed by atoms with E-state index in [1.807, 2.05) is 12.2 Å².